The maximum Gasteiger partial charge on any atom is 0.228 e. The number of hydrogen-bond donors (Lipinski definition) is 2. The van der Waals surface area contributed by atoms with Crippen molar-refractivity contribution >= 4 is 27.5 Å². The third kappa shape index (κ3) is 3.54. The molecule has 0 saturated carbocycles. The molecule has 0 aliphatic carbocycles. The summed E-state index contributed by atoms with van der Waals surface area (Å²) in [7, 11) is 0. The summed E-state index contributed by atoms with van der Waals surface area (Å²) in [6, 6.07) is 3.82. The van der Waals surface area contributed by atoms with Gasteiger partial charge in [0.25, 0.3) is 0 Å². The van der Waals surface area contributed by atoms with Crippen LogP contribution in [0, 0.1) is 19.8 Å². The lowest BCUT2D eigenvalue weighted by Gasteiger charge is -2.18. The third-order valence-corrected chi connectivity index (χ3v) is 3.41. The van der Waals surface area contributed by atoms with Crippen molar-refractivity contribution in [3.05, 3.63) is 27.7 Å². The molecular formula is C13H19BrN2O. The number of anilines is 1. The van der Waals surface area contributed by atoms with Gasteiger partial charge in [-0.05, 0) is 44.0 Å². The molecule has 0 saturated heterocycles. The highest BCUT2D eigenvalue weighted by Crippen LogP contribution is 2.25. The van der Waals surface area contributed by atoms with Crippen LogP contribution in [-0.2, 0) is 4.79 Å². The summed E-state index contributed by atoms with van der Waals surface area (Å²) in [5.41, 5.74) is 8.69. The summed E-state index contributed by atoms with van der Waals surface area (Å²) in [4.78, 5) is 11.9. The minimum absolute atomic E-state index is 0.0338. The Kier molecular flexibility index (Phi) is 4.71. The largest absolute Gasteiger partial charge is 0.327 e. The van der Waals surface area contributed by atoms with Crippen LogP contribution in [0.15, 0.2) is 16.6 Å². The van der Waals surface area contributed by atoms with Crippen LogP contribution in [0.5, 0.6) is 0 Å². The highest BCUT2D eigenvalue weighted by Gasteiger charge is 2.18. The predicted molar refractivity (Wildman–Crippen MR) is 75.1 cm³/mol. The lowest BCUT2D eigenvalue weighted by molar-refractivity contribution is -0.119. The van der Waals surface area contributed by atoms with Crippen LogP contribution in [0.2, 0.25) is 0 Å². The molecular weight excluding hydrogens is 280 g/mol. The molecule has 1 aromatic carbocycles. The van der Waals surface area contributed by atoms with Gasteiger partial charge in [0.2, 0.25) is 5.91 Å². The van der Waals surface area contributed by atoms with Crippen molar-refractivity contribution < 1.29 is 4.79 Å². The van der Waals surface area contributed by atoms with E-state index >= 15 is 0 Å². The molecule has 0 fully saturated rings. The molecule has 94 valence electrons. The van der Waals surface area contributed by atoms with Crippen molar-refractivity contribution in [2.45, 2.75) is 33.7 Å². The molecule has 0 spiro atoms. The smallest absolute Gasteiger partial charge is 0.228 e. The Labute approximate surface area is 111 Å². The van der Waals surface area contributed by atoms with E-state index in [2.05, 4.69) is 21.2 Å². The van der Waals surface area contributed by atoms with E-state index in [4.69, 9.17) is 5.73 Å². The molecule has 17 heavy (non-hydrogen) atoms. The van der Waals surface area contributed by atoms with Gasteiger partial charge in [-0.15, -0.1) is 0 Å². The fraction of sp³-hybridized carbons (Fsp3) is 0.462. The Morgan fingerprint density at radius 3 is 2.18 bits per heavy atom. The first-order valence-electron chi connectivity index (χ1n) is 5.66. The van der Waals surface area contributed by atoms with Crippen LogP contribution in [-0.4, -0.2) is 11.9 Å². The number of nitrogens with two attached hydrogens (primary N) is 1. The van der Waals surface area contributed by atoms with Crippen molar-refractivity contribution in [3.8, 4) is 0 Å². The summed E-state index contributed by atoms with van der Waals surface area (Å²) in [5, 5.41) is 2.95. The van der Waals surface area contributed by atoms with E-state index in [-0.39, 0.29) is 17.9 Å². The molecule has 0 aliphatic rings. The lowest BCUT2D eigenvalue weighted by Crippen LogP contribution is -2.34. The number of nitrogens with one attached hydrogen (secondary N) is 1. The molecule has 0 bridgehead atoms. The lowest BCUT2D eigenvalue weighted by atomic mass is 10.0. The number of hydrogen-bond acceptors (Lipinski definition) is 2. The SMILES string of the molecule is Cc1cc(Br)cc(C)c1NC(=O)C(C)C(C)N. The zero-order valence-corrected chi connectivity index (χ0v) is 12.3. The van der Waals surface area contributed by atoms with Crippen LogP contribution in [0.3, 0.4) is 0 Å². The summed E-state index contributed by atoms with van der Waals surface area (Å²) in [6.45, 7) is 7.63. The van der Waals surface area contributed by atoms with E-state index in [0.717, 1.165) is 21.3 Å². The van der Waals surface area contributed by atoms with Gasteiger partial charge in [0.15, 0.2) is 0 Å². The average Bonchev–Trinajstić information content (AvgIpc) is 2.21. The van der Waals surface area contributed by atoms with Gasteiger partial charge in [-0.3, -0.25) is 4.79 Å². The highest BCUT2D eigenvalue weighted by molar-refractivity contribution is 9.10. The highest BCUT2D eigenvalue weighted by atomic mass is 79.9. The van der Waals surface area contributed by atoms with E-state index in [9.17, 15) is 4.79 Å². The maximum atomic E-state index is 11.9. The summed E-state index contributed by atoms with van der Waals surface area (Å²) < 4.78 is 1.02. The zero-order valence-electron chi connectivity index (χ0n) is 10.7. The van der Waals surface area contributed by atoms with E-state index in [1.165, 1.54) is 0 Å². The standard InChI is InChI=1S/C13H19BrN2O/c1-7-5-11(14)6-8(2)12(7)16-13(17)9(3)10(4)15/h5-6,9-10H,15H2,1-4H3,(H,16,17). The summed E-state index contributed by atoms with van der Waals surface area (Å²) in [6.07, 6.45) is 0. The molecule has 0 heterocycles. The van der Waals surface area contributed by atoms with Crippen LogP contribution >= 0.6 is 15.9 Å². The molecule has 0 aliphatic heterocycles. The second-order valence-electron chi connectivity index (χ2n) is 4.55. The van der Waals surface area contributed by atoms with Gasteiger partial charge in [0, 0.05) is 16.2 Å². The first-order valence-corrected chi connectivity index (χ1v) is 6.45. The maximum absolute atomic E-state index is 11.9. The number of carbonyl (C=O) groups excluding carboxylic acids is 1. The van der Waals surface area contributed by atoms with Crippen LogP contribution in [0.25, 0.3) is 0 Å². The molecule has 3 N–H and O–H groups in total. The van der Waals surface area contributed by atoms with Gasteiger partial charge in [-0.2, -0.15) is 0 Å². The molecule has 4 heteroatoms. The second kappa shape index (κ2) is 5.65. The van der Waals surface area contributed by atoms with Crippen molar-refractivity contribution in [1.29, 1.82) is 0 Å². The number of carbonyl (C=O) groups is 1. The minimum Gasteiger partial charge on any atom is -0.327 e. The average molecular weight is 299 g/mol. The molecule has 0 aromatic heterocycles. The van der Waals surface area contributed by atoms with Gasteiger partial charge < -0.3 is 11.1 Å². The molecule has 1 rings (SSSR count). The molecule has 0 radical (unpaired) electrons. The molecule has 1 aromatic rings. The number of aryl methyl sites for hydroxylation is 2. The van der Waals surface area contributed by atoms with Crippen LogP contribution in [0.1, 0.15) is 25.0 Å². The molecule has 3 nitrogen and oxygen atoms in total. The molecule has 1 amide bonds. The van der Waals surface area contributed by atoms with Crippen molar-refractivity contribution in [1.82, 2.24) is 0 Å². The van der Waals surface area contributed by atoms with Gasteiger partial charge in [-0.25, -0.2) is 0 Å². The number of rotatable bonds is 3. The van der Waals surface area contributed by atoms with Gasteiger partial charge in [0.1, 0.15) is 0 Å². The Bertz CT molecular complexity index is 406. The monoisotopic (exact) mass is 298 g/mol. The number of halogens is 1. The van der Waals surface area contributed by atoms with Crippen molar-refractivity contribution in [2.75, 3.05) is 5.32 Å². The first kappa shape index (κ1) is 14.2. The van der Waals surface area contributed by atoms with Crippen molar-refractivity contribution in [3.63, 3.8) is 0 Å². The Morgan fingerprint density at radius 2 is 1.76 bits per heavy atom. The Balaban J connectivity index is 2.93. The summed E-state index contributed by atoms with van der Waals surface area (Å²) in [5.74, 6) is -0.231. The van der Waals surface area contributed by atoms with Gasteiger partial charge >= 0.3 is 0 Å². The third-order valence-electron chi connectivity index (χ3n) is 2.95. The topological polar surface area (TPSA) is 55.1 Å². The summed E-state index contributed by atoms with van der Waals surface area (Å²) >= 11 is 3.43. The zero-order chi connectivity index (χ0) is 13.2. The molecule has 2 unspecified atom stereocenters. The number of amides is 1. The van der Waals surface area contributed by atoms with E-state index in [1.807, 2.05) is 39.8 Å². The Morgan fingerprint density at radius 1 is 1.29 bits per heavy atom. The van der Waals surface area contributed by atoms with Crippen molar-refractivity contribution in [2.24, 2.45) is 11.7 Å². The fourth-order valence-corrected chi connectivity index (χ4v) is 2.27. The normalized spacial score (nSPS) is 14.2. The fourth-order valence-electron chi connectivity index (χ4n) is 1.58. The second-order valence-corrected chi connectivity index (χ2v) is 5.47. The first-order chi connectivity index (χ1) is 7.82. The quantitative estimate of drug-likeness (QED) is 0.901. The predicted octanol–water partition coefficient (Wildman–Crippen LogP) is 2.99. The molecule has 2 atom stereocenters. The Hall–Kier alpha value is -0.870. The van der Waals surface area contributed by atoms with Crippen LogP contribution in [0.4, 0.5) is 5.69 Å². The minimum atomic E-state index is -0.197. The number of benzene rings is 1. The van der Waals surface area contributed by atoms with E-state index in [0.29, 0.717) is 0 Å². The van der Waals surface area contributed by atoms with Crippen LogP contribution < -0.4 is 11.1 Å². The van der Waals surface area contributed by atoms with Gasteiger partial charge in [0.05, 0.1) is 5.92 Å². The van der Waals surface area contributed by atoms with E-state index in [1.54, 1.807) is 0 Å². The van der Waals surface area contributed by atoms with E-state index < -0.39 is 0 Å². The van der Waals surface area contributed by atoms with Gasteiger partial charge in [-0.1, -0.05) is 22.9 Å².